The van der Waals surface area contributed by atoms with Crippen LogP contribution in [0.5, 0.6) is 0 Å². The van der Waals surface area contributed by atoms with Gasteiger partial charge in [-0.1, -0.05) is 13.8 Å². The maximum absolute atomic E-state index is 11.4. The second-order valence-electron chi connectivity index (χ2n) is 5.84. The van der Waals surface area contributed by atoms with Crippen molar-refractivity contribution in [2.75, 3.05) is 13.6 Å². The van der Waals surface area contributed by atoms with Gasteiger partial charge in [0.1, 0.15) is 6.29 Å². The van der Waals surface area contributed by atoms with E-state index in [1.54, 1.807) is 0 Å². The Labute approximate surface area is 100 Å². The molecule has 0 spiro atoms. The Morgan fingerprint density at radius 3 is 2.44 bits per heavy atom. The molecule has 0 radical (unpaired) electrons. The Balaban J connectivity index is 2.57. The fourth-order valence-electron chi connectivity index (χ4n) is 2.61. The van der Waals surface area contributed by atoms with Gasteiger partial charge >= 0.3 is 0 Å². The number of aldehydes is 1. The Morgan fingerprint density at radius 2 is 2.00 bits per heavy atom. The van der Waals surface area contributed by atoms with E-state index in [-0.39, 0.29) is 5.41 Å². The Bertz CT molecular complexity index is 219. The first-order valence-electron chi connectivity index (χ1n) is 6.69. The van der Waals surface area contributed by atoms with Crippen molar-refractivity contribution >= 4 is 6.29 Å². The molecule has 2 heteroatoms. The van der Waals surface area contributed by atoms with Crippen LogP contribution in [0.15, 0.2) is 0 Å². The summed E-state index contributed by atoms with van der Waals surface area (Å²) in [7, 11) is 2.15. The quantitative estimate of drug-likeness (QED) is 0.670. The lowest BCUT2D eigenvalue weighted by Gasteiger charge is -2.39. The van der Waals surface area contributed by atoms with E-state index in [0.29, 0.717) is 6.04 Å². The number of nitrogens with zero attached hydrogens (tertiary/aromatic N) is 1. The van der Waals surface area contributed by atoms with Gasteiger partial charge in [-0.2, -0.15) is 0 Å². The van der Waals surface area contributed by atoms with Crippen molar-refractivity contribution in [3.63, 3.8) is 0 Å². The zero-order chi connectivity index (χ0) is 12.2. The molecular weight excluding hydrogens is 198 g/mol. The highest BCUT2D eigenvalue weighted by Gasteiger charge is 2.35. The van der Waals surface area contributed by atoms with E-state index in [1.807, 2.05) is 0 Å². The molecule has 1 fully saturated rings. The van der Waals surface area contributed by atoms with Gasteiger partial charge in [0.15, 0.2) is 0 Å². The third-order valence-electron chi connectivity index (χ3n) is 4.43. The van der Waals surface area contributed by atoms with Crippen molar-refractivity contribution < 1.29 is 4.79 Å². The van der Waals surface area contributed by atoms with Gasteiger partial charge in [-0.3, -0.25) is 0 Å². The van der Waals surface area contributed by atoms with Crippen LogP contribution in [0.2, 0.25) is 0 Å². The normalized spacial score (nSPS) is 32.7. The second-order valence-corrected chi connectivity index (χ2v) is 5.84. The Kier molecular flexibility index (Phi) is 4.97. The summed E-state index contributed by atoms with van der Waals surface area (Å²) in [6.45, 7) is 7.69. The molecule has 2 nitrogen and oxygen atoms in total. The van der Waals surface area contributed by atoms with Gasteiger partial charge in [0.05, 0.1) is 0 Å². The fraction of sp³-hybridized carbons (Fsp3) is 0.929. The van der Waals surface area contributed by atoms with Gasteiger partial charge in [-0.15, -0.1) is 0 Å². The highest BCUT2D eigenvalue weighted by Crippen LogP contribution is 2.38. The third-order valence-corrected chi connectivity index (χ3v) is 4.43. The standard InChI is InChI=1S/C14H27NO/c1-5-13(3)15(4)10-14(11-16)8-6-12(2)7-9-14/h11-13H,5-10H2,1-4H3. The maximum atomic E-state index is 11.4. The van der Waals surface area contributed by atoms with E-state index in [4.69, 9.17) is 0 Å². The van der Waals surface area contributed by atoms with Crippen LogP contribution in [-0.2, 0) is 4.79 Å². The molecule has 0 aromatic carbocycles. The van der Waals surface area contributed by atoms with Crippen LogP contribution in [0, 0.1) is 11.3 Å². The SMILES string of the molecule is CCC(C)N(C)CC1(C=O)CCC(C)CC1. The minimum atomic E-state index is -0.0509. The summed E-state index contributed by atoms with van der Waals surface area (Å²) in [5.41, 5.74) is -0.0509. The van der Waals surface area contributed by atoms with Gasteiger partial charge in [0.2, 0.25) is 0 Å². The number of hydrogen-bond acceptors (Lipinski definition) is 2. The second kappa shape index (κ2) is 5.81. The van der Waals surface area contributed by atoms with Crippen molar-refractivity contribution in [2.45, 2.75) is 58.9 Å². The molecule has 0 N–H and O–H groups in total. The van der Waals surface area contributed by atoms with Crippen molar-refractivity contribution in [3.05, 3.63) is 0 Å². The van der Waals surface area contributed by atoms with Crippen LogP contribution in [-0.4, -0.2) is 30.8 Å². The number of hydrogen-bond donors (Lipinski definition) is 0. The molecule has 0 amide bonds. The highest BCUT2D eigenvalue weighted by molar-refractivity contribution is 5.60. The molecule has 0 aliphatic heterocycles. The van der Waals surface area contributed by atoms with E-state index in [2.05, 4.69) is 32.7 Å². The predicted molar refractivity (Wildman–Crippen MR) is 68.5 cm³/mol. The lowest BCUT2D eigenvalue weighted by molar-refractivity contribution is -0.119. The highest BCUT2D eigenvalue weighted by atomic mass is 16.1. The van der Waals surface area contributed by atoms with Crippen LogP contribution >= 0.6 is 0 Å². The summed E-state index contributed by atoms with van der Waals surface area (Å²) in [6, 6.07) is 0.580. The summed E-state index contributed by atoms with van der Waals surface area (Å²) in [5.74, 6) is 0.807. The smallest absolute Gasteiger partial charge is 0.127 e. The predicted octanol–water partition coefficient (Wildman–Crippen LogP) is 3.11. The third kappa shape index (κ3) is 3.31. The van der Waals surface area contributed by atoms with E-state index < -0.39 is 0 Å². The molecule has 1 atom stereocenters. The molecule has 0 bridgehead atoms. The molecule has 16 heavy (non-hydrogen) atoms. The number of rotatable bonds is 5. The van der Waals surface area contributed by atoms with Crippen LogP contribution in [0.1, 0.15) is 52.9 Å². The minimum absolute atomic E-state index is 0.0509. The van der Waals surface area contributed by atoms with E-state index in [0.717, 1.165) is 31.7 Å². The van der Waals surface area contributed by atoms with E-state index in [9.17, 15) is 4.79 Å². The molecule has 94 valence electrons. The van der Waals surface area contributed by atoms with Crippen LogP contribution in [0.25, 0.3) is 0 Å². The van der Waals surface area contributed by atoms with Crippen molar-refractivity contribution in [1.29, 1.82) is 0 Å². The molecule has 1 aliphatic rings. The maximum Gasteiger partial charge on any atom is 0.127 e. The monoisotopic (exact) mass is 225 g/mol. The molecule has 1 saturated carbocycles. The molecule has 1 aliphatic carbocycles. The van der Waals surface area contributed by atoms with E-state index in [1.165, 1.54) is 19.1 Å². The van der Waals surface area contributed by atoms with Crippen molar-refractivity contribution in [1.82, 2.24) is 4.90 Å². The van der Waals surface area contributed by atoms with Gasteiger partial charge in [-0.25, -0.2) is 0 Å². The van der Waals surface area contributed by atoms with Crippen LogP contribution in [0.3, 0.4) is 0 Å². The largest absolute Gasteiger partial charge is 0.303 e. The van der Waals surface area contributed by atoms with Gasteiger partial charge in [-0.05, 0) is 52.0 Å². The lowest BCUT2D eigenvalue weighted by atomic mass is 9.71. The van der Waals surface area contributed by atoms with Crippen molar-refractivity contribution in [3.8, 4) is 0 Å². The van der Waals surface area contributed by atoms with Gasteiger partial charge in [0.25, 0.3) is 0 Å². The fourth-order valence-corrected chi connectivity index (χ4v) is 2.61. The zero-order valence-corrected chi connectivity index (χ0v) is 11.3. The first kappa shape index (κ1) is 13.7. The summed E-state index contributed by atoms with van der Waals surface area (Å²) >= 11 is 0. The van der Waals surface area contributed by atoms with Crippen LogP contribution < -0.4 is 0 Å². The summed E-state index contributed by atoms with van der Waals surface area (Å²) in [6.07, 6.45) is 6.98. The van der Waals surface area contributed by atoms with E-state index >= 15 is 0 Å². The molecule has 0 aromatic heterocycles. The average molecular weight is 225 g/mol. The number of carbonyl (C=O) groups excluding carboxylic acids is 1. The first-order chi connectivity index (χ1) is 7.53. The zero-order valence-electron chi connectivity index (χ0n) is 11.3. The molecule has 0 heterocycles. The summed E-state index contributed by atoms with van der Waals surface area (Å²) in [4.78, 5) is 13.8. The lowest BCUT2D eigenvalue weighted by Crippen LogP contribution is -2.42. The minimum Gasteiger partial charge on any atom is -0.303 e. The summed E-state index contributed by atoms with van der Waals surface area (Å²) < 4.78 is 0. The molecule has 0 saturated heterocycles. The van der Waals surface area contributed by atoms with Crippen molar-refractivity contribution in [2.24, 2.45) is 11.3 Å². The average Bonchev–Trinajstić information content (AvgIpc) is 2.31. The molecule has 0 aromatic rings. The Morgan fingerprint density at radius 1 is 1.44 bits per heavy atom. The Hall–Kier alpha value is -0.370. The summed E-state index contributed by atoms with van der Waals surface area (Å²) in [5, 5.41) is 0. The van der Waals surface area contributed by atoms with Gasteiger partial charge in [0, 0.05) is 18.0 Å². The molecule has 1 unspecified atom stereocenters. The topological polar surface area (TPSA) is 20.3 Å². The first-order valence-corrected chi connectivity index (χ1v) is 6.69. The number of carbonyl (C=O) groups is 1. The molecular formula is C14H27NO. The van der Waals surface area contributed by atoms with Gasteiger partial charge < -0.3 is 9.69 Å². The van der Waals surface area contributed by atoms with Crippen LogP contribution in [0.4, 0.5) is 0 Å². The molecule has 1 rings (SSSR count).